The van der Waals surface area contributed by atoms with Gasteiger partial charge in [0.25, 0.3) is 10.0 Å². The minimum atomic E-state index is -3.79. The second kappa shape index (κ2) is 6.25. The lowest BCUT2D eigenvalue weighted by Gasteiger charge is -2.17. The SMILES string of the molecule is Cc1nc(S(=O)(=O)N2CCC(c3cccs3)S(=O)(=O)CC2)cn1C. The van der Waals surface area contributed by atoms with Crippen molar-refractivity contribution in [3.8, 4) is 0 Å². The van der Waals surface area contributed by atoms with Crippen LogP contribution in [0.5, 0.6) is 0 Å². The lowest BCUT2D eigenvalue weighted by atomic mass is 10.2. The molecule has 7 nitrogen and oxygen atoms in total. The highest BCUT2D eigenvalue weighted by molar-refractivity contribution is 7.92. The van der Waals surface area contributed by atoms with Gasteiger partial charge in [0.2, 0.25) is 0 Å². The van der Waals surface area contributed by atoms with E-state index in [0.717, 1.165) is 4.88 Å². The third-order valence-electron chi connectivity index (χ3n) is 4.25. The Morgan fingerprint density at radius 2 is 2.08 bits per heavy atom. The van der Waals surface area contributed by atoms with Crippen LogP contribution < -0.4 is 0 Å². The molecule has 2 aromatic rings. The molecule has 0 amide bonds. The summed E-state index contributed by atoms with van der Waals surface area (Å²) in [5, 5.41) is 1.17. The molecule has 1 atom stereocenters. The van der Waals surface area contributed by atoms with Gasteiger partial charge in [0, 0.05) is 31.2 Å². The van der Waals surface area contributed by atoms with Crippen LogP contribution in [-0.4, -0.2) is 49.5 Å². The largest absolute Gasteiger partial charge is 0.337 e. The van der Waals surface area contributed by atoms with Gasteiger partial charge in [-0.3, -0.25) is 0 Å². The van der Waals surface area contributed by atoms with Gasteiger partial charge in [0.05, 0.1) is 11.0 Å². The molecule has 24 heavy (non-hydrogen) atoms. The lowest BCUT2D eigenvalue weighted by Crippen LogP contribution is -2.33. The van der Waals surface area contributed by atoms with Crippen LogP contribution in [0.2, 0.25) is 0 Å². The molecule has 0 bridgehead atoms. The van der Waals surface area contributed by atoms with Gasteiger partial charge in [-0.2, -0.15) is 4.31 Å². The molecule has 0 aliphatic carbocycles. The minimum Gasteiger partial charge on any atom is -0.337 e. The first-order valence-corrected chi connectivity index (χ1v) is 11.5. The number of sulfone groups is 1. The topological polar surface area (TPSA) is 89.3 Å². The Kier molecular flexibility index (Phi) is 4.58. The van der Waals surface area contributed by atoms with Gasteiger partial charge in [-0.1, -0.05) is 6.07 Å². The Morgan fingerprint density at radius 3 is 2.67 bits per heavy atom. The highest BCUT2D eigenvalue weighted by Crippen LogP contribution is 2.33. The zero-order chi connectivity index (χ0) is 17.5. The summed E-state index contributed by atoms with van der Waals surface area (Å²) in [4.78, 5) is 4.85. The summed E-state index contributed by atoms with van der Waals surface area (Å²) in [6, 6.07) is 3.60. The number of thiophene rings is 1. The van der Waals surface area contributed by atoms with Gasteiger partial charge >= 0.3 is 0 Å². The third kappa shape index (κ3) is 3.15. The second-order valence-corrected chi connectivity index (χ2v) is 11.0. The Labute approximate surface area is 145 Å². The molecule has 1 unspecified atom stereocenters. The van der Waals surface area contributed by atoms with Crippen molar-refractivity contribution in [3.63, 3.8) is 0 Å². The van der Waals surface area contributed by atoms with Gasteiger partial charge in [-0.15, -0.1) is 11.3 Å². The summed E-state index contributed by atoms with van der Waals surface area (Å²) in [7, 11) is -5.45. The fourth-order valence-corrected chi connectivity index (χ4v) is 7.34. The van der Waals surface area contributed by atoms with Crippen molar-refractivity contribution in [2.75, 3.05) is 18.8 Å². The molecule has 132 valence electrons. The highest BCUT2D eigenvalue weighted by atomic mass is 32.2. The van der Waals surface area contributed by atoms with E-state index < -0.39 is 25.1 Å². The number of aryl methyl sites for hydroxylation is 2. The summed E-state index contributed by atoms with van der Waals surface area (Å²) in [6.45, 7) is 1.85. The van der Waals surface area contributed by atoms with Gasteiger partial charge < -0.3 is 4.57 Å². The summed E-state index contributed by atoms with van der Waals surface area (Å²) in [5.74, 6) is 0.410. The van der Waals surface area contributed by atoms with Crippen LogP contribution in [0, 0.1) is 6.92 Å². The van der Waals surface area contributed by atoms with Crippen LogP contribution in [0.1, 0.15) is 22.4 Å². The smallest absolute Gasteiger partial charge is 0.262 e. The zero-order valence-electron chi connectivity index (χ0n) is 13.4. The quantitative estimate of drug-likeness (QED) is 0.790. The molecule has 1 aliphatic rings. The van der Waals surface area contributed by atoms with Crippen molar-refractivity contribution in [2.45, 2.75) is 23.6 Å². The molecular formula is C14H19N3O4S3. The van der Waals surface area contributed by atoms with E-state index in [0.29, 0.717) is 5.82 Å². The maximum atomic E-state index is 12.8. The number of hydrogen-bond acceptors (Lipinski definition) is 6. The number of nitrogens with zero attached hydrogens (tertiary/aromatic N) is 3. The lowest BCUT2D eigenvalue weighted by molar-refractivity contribution is 0.426. The first kappa shape index (κ1) is 17.6. The summed E-state index contributed by atoms with van der Waals surface area (Å²) >= 11 is 1.39. The molecule has 3 rings (SSSR count). The average Bonchev–Trinajstić information content (AvgIpc) is 3.09. The van der Waals surface area contributed by atoms with E-state index in [1.807, 2.05) is 11.4 Å². The molecule has 0 aromatic carbocycles. The minimum absolute atomic E-state index is 0.0329. The molecule has 0 radical (unpaired) electrons. The molecule has 1 saturated heterocycles. The van der Waals surface area contributed by atoms with E-state index >= 15 is 0 Å². The number of imidazole rings is 1. The summed E-state index contributed by atoms with van der Waals surface area (Å²) < 4.78 is 53.5. The average molecular weight is 390 g/mol. The van der Waals surface area contributed by atoms with Crippen molar-refractivity contribution >= 4 is 31.2 Å². The molecule has 0 N–H and O–H groups in total. The predicted octanol–water partition coefficient (Wildman–Crippen LogP) is 1.34. The Morgan fingerprint density at radius 1 is 1.33 bits per heavy atom. The zero-order valence-corrected chi connectivity index (χ0v) is 15.9. The molecular weight excluding hydrogens is 370 g/mol. The maximum absolute atomic E-state index is 12.8. The van der Waals surface area contributed by atoms with Gasteiger partial charge in [-0.25, -0.2) is 21.8 Å². The van der Waals surface area contributed by atoms with Crippen molar-refractivity contribution in [2.24, 2.45) is 7.05 Å². The van der Waals surface area contributed by atoms with Gasteiger partial charge in [-0.05, 0) is 24.8 Å². The van der Waals surface area contributed by atoms with Crippen LogP contribution in [0.4, 0.5) is 0 Å². The molecule has 10 heteroatoms. The first-order valence-electron chi connectivity index (χ1n) is 7.47. The van der Waals surface area contributed by atoms with E-state index in [9.17, 15) is 16.8 Å². The number of aromatic nitrogens is 2. The Hall–Kier alpha value is -1.23. The van der Waals surface area contributed by atoms with Crippen LogP contribution in [-0.2, 0) is 26.9 Å². The van der Waals surface area contributed by atoms with Gasteiger partial charge in [0.15, 0.2) is 14.9 Å². The van der Waals surface area contributed by atoms with E-state index in [1.54, 1.807) is 24.6 Å². The Balaban J connectivity index is 1.90. The number of hydrogen-bond donors (Lipinski definition) is 0. The van der Waals surface area contributed by atoms with Crippen LogP contribution >= 0.6 is 11.3 Å². The Bertz CT molecular complexity index is 911. The van der Waals surface area contributed by atoms with E-state index in [1.165, 1.54) is 21.8 Å². The predicted molar refractivity (Wildman–Crippen MR) is 92.2 cm³/mol. The van der Waals surface area contributed by atoms with Crippen LogP contribution in [0.15, 0.2) is 28.7 Å². The molecule has 1 aliphatic heterocycles. The first-order chi connectivity index (χ1) is 11.2. The van der Waals surface area contributed by atoms with E-state index in [4.69, 9.17) is 0 Å². The molecule has 0 saturated carbocycles. The molecule has 2 aromatic heterocycles. The van der Waals surface area contributed by atoms with Gasteiger partial charge in [0.1, 0.15) is 5.82 Å². The second-order valence-electron chi connectivity index (χ2n) is 5.80. The van der Waals surface area contributed by atoms with Crippen molar-refractivity contribution < 1.29 is 16.8 Å². The molecule has 3 heterocycles. The number of rotatable bonds is 3. The number of sulfonamides is 1. The fourth-order valence-electron chi connectivity index (χ4n) is 2.74. The van der Waals surface area contributed by atoms with Crippen molar-refractivity contribution in [1.29, 1.82) is 0 Å². The normalized spacial score (nSPS) is 22.3. The van der Waals surface area contributed by atoms with Crippen LogP contribution in [0.25, 0.3) is 0 Å². The maximum Gasteiger partial charge on any atom is 0.262 e. The monoisotopic (exact) mass is 389 g/mol. The van der Waals surface area contributed by atoms with Crippen molar-refractivity contribution in [1.82, 2.24) is 13.9 Å². The summed E-state index contributed by atoms with van der Waals surface area (Å²) in [6.07, 6.45) is 1.72. The standard InChI is InChI=1S/C14H19N3O4S3/c1-11-15-14(10-16(11)2)24(20,21)17-6-5-13(12-4-3-8-22-12)23(18,19)9-7-17/h3-4,8,10,13H,5-7,9H2,1-2H3. The molecule has 1 fully saturated rings. The summed E-state index contributed by atoms with van der Waals surface area (Å²) in [5.41, 5.74) is 0. The third-order valence-corrected chi connectivity index (χ3v) is 9.26. The molecule has 0 spiro atoms. The van der Waals surface area contributed by atoms with E-state index in [2.05, 4.69) is 4.98 Å². The highest BCUT2D eigenvalue weighted by Gasteiger charge is 2.36. The fraction of sp³-hybridized carbons (Fsp3) is 0.500. The van der Waals surface area contributed by atoms with Crippen molar-refractivity contribution in [3.05, 3.63) is 34.4 Å². The van der Waals surface area contributed by atoms with Crippen LogP contribution in [0.3, 0.4) is 0 Å². The van der Waals surface area contributed by atoms with E-state index in [-0.39, 0.29) is 30.3 Å².